The van der Waals surface area contributed by atoms with E-state index in [1.165, 1.54) is 6.07 Å². The number of halogens is 1. The average molecular weight is 160 g/mol. The molecule has 1 aromatic heterocycles. The van der Waals surface area contributed by atoms with Crippen LogP contribution in [0.2, 0.25) is 0 Å². The van der Waals surface area contributed by atoms with Crippen LogP contribution in [0.4, 0.5) is 4.39 Å². The van der Waals surface area contributed by atoms with E-state index >= 15 is 0 Å². The summed E-state index contributed by atoms with van der Waals surface area (Å²) in [6.07, 6.45) is 3.74. The third kappa shape index (κ3) is 1.23. The molecule has 12 heavy (non-hydrogen) atoms. The highest BCUT2D eigenvalue weighted by atomic mass is 19.1. The third-order valence-corrected chi connectivity index (χ3v) is 1.65. The van der Waals surface area contributed by atoms with Crippen molar-refractivity contribution in [3.63, 3.8) is 0 Å². The summed E-state index contributed by atoms with van der Waals surface area (Å²) in [5, 5.41) is 0. The first kappa shape index (κ1) is 7.10. The van der Waals surface area contributed by atoms with Crippen LogP contribution in [-0.4, -0.2) is 4.57 Å². The SMILES string of the molecule is Fc1[c]ccc(-n2cccc2)c1. The van der Waals surface area contributed by atoms with Gasteiger partial charge in [0.1, 0.15) is 5.82 Å². The molecule has 1 aromatic carbocycles. The number of hydrogen-bond acceptors (Lipinski definition) is 0. The van der Waals surface area contributed by atoms with Crippen LogP contribution in [0.5, 0.6) is 0 Å². The number of rotatable bonds is 1. The Balaban J connectivity index is 2.48. The van der Waals surface area contributed by atoms with Crippen molar-refractivity contribution in [2.45, 2.75) is 0 Å². The molecule has 0 bridgehead atoms. The fourth-order valence-corrected chi connectivity index (χ4v) is 1.09. The average Bonchev–Trinajstić information content (AvgIpc) is 2.56. The maximum atomic E-state index is 12.7. The van der Waals surface area contributed by atoms with Crippen molar-refractivity contribution >= 4 is 0 Å². The van der Waals surface area contributed by atoms with Gasteiger partial charge in [0.15, 0.2) is 0 Å². The van der Waals surface area contributed by atoms with E-state index < -0.39 is 0 Å². The largest absolute Gasteiger partial charge is 0.324 e. The molecule has 0 amide bonds. The summed E-state index contributed by atoms with van der Waals surface area (Å²) in [5.41, 5.74) is 0.816. The van der Waals surface area contributed by atoms with Gasteiger partial charge in [-0.25, -0.2) is 4.39 Å². The predicted molar refractivity (Wildman–Crippen MR) is 44.6 cm³/mol. The Morgan fingerprint density at radius 2 is 2.00 bits per heavy atom. The van der Waals surface area contributed by atoms with Gasteiger partial charge in [-0.1, -0.05) is 0 Å². The normalized spacial score (nSPS) is 10.1. The molecule has 0 N–H and O–H groups in total. The van der Waals surface area contributed by atoms with Crippen LogP contribution in [0.3, 0.4) is 0 Å². The first-order chi connectivity index (χ1) is 5.86. The van der Waals surface area contributed by atoms with Gasteiger partial charge >= 0.3 is 0 Å². The molecule has 1 nitrogen and oxygen atoms in total. The zero-order valence-electron chi connectivity index (χ0n) is 6.37. The van der Waals surface area contributed by atoms with Crippen molar-refractivity contribution in [2.75, 3.05) is 0 Å². The Labute approximate surface area is 70.1 Å². The van der Waals surface area contributed by atoms with Crippen LogP contribution in [0.25, 0.3) is 5.69 Å². The summed E-state index contributed by atoms with van der Waals surface area (Å²) in [6, 6.07) is 11.1. The van der Waals surface area contributed by atoms with Gasteiger partial charge in [-0.05, 0) is 30.3 Å². The van der Waals surface area contributed by atoms with E-state index in [0.717, 1.165) is 5.69 Å². The molecule has 0 aliphatic rings. The zero-order valence-corrected chi connectivity index (χ0v) is 6.37. The van der Waals surface area contributed by atoms with E-state index in [0.29, 0.717) is 0 Å². The van der Waals surface area contributed by atoms with Crippen LogP contribution in [0.1, 0.15) is 0 Å². The molecule has 0 spiro atoms. The molecule has 0 saturated carbocycles. The first-order valence-electron chi connectivity index (χ1n) is 3.67. The predicted octanol–water partition coefficient (Wildman–Crippen LogP) is 2.42. The van der Waals surface area contributed by atoms with Crippen molar-refractivity contribution in [3.8, 4) is 5.69 Å². The number of hydrogen-bond donors (Lipinski definition) is 0. The Kier molecular flexibility index (Phi) is 1.67. The third-order valence-electron chi connectivity index (χ3n) is 1.65. The monoisotopic (exact) mass is 160 g/mol. The van der Waals surface area contributed by atoms with E-state index in [2.05, 4.69) is 6.07 Å². The molecule has 0 aliphatic carbocycles. The van der Waals surface area contributed by atoms with Gasteiger partial charge in [-0.15, -0.1) is 0 Å². The smallest absolute Gasteiger partial charge is 0.133 e. The van der Waals surface area contributed by atoms with Crippen LogP contribution >= 0.6 is 0 Å². The molecular formula is C10H7FN. The molecule has 2 rings (SSSR count). The summed E-state index contributed by atoms with van der Waals surface area (Å²) >= 11 is 0. The minimum Gasteiger partial charge on any atom is -0.324 e. The maximum absolute atomic E-state index is 12.7. The van der Waals surface area contributed by atoms with Crippen LogP contribution in [-0.2, 0) is 0 Å². The molecule has 0 fully saturated rings. The van der Waals surface area contributed by atoms with Gasteiger partial charge in [-0.3, -0.25) is 0 Å². The second-order valence-electron chi connectivity index (χ2n) is 2.49. The summed E-state index contributed by atoms with van der Waals surface area (Å²) in [6.45, 7) is 0. The van der Waals surface area contributed by atoms with Gasteiger partial charge in [-0.2, -0.15) is 0 Å². The van der Waals surface area contributed by atoms with E-state index in [1.54, 1.807) is 6.07 Å². The fraction of sp³-hybridized carbons (Fsp3) is 0. The molecule has 0 saturated heterocycles. The fourth-order valence-electron chi connectivity index (χ4n) is 1.09. The Morgan fingerprint density at radius 1 is 1.25 bits per heavy atom. The second-order valence-corrected chi connectivity index (χ2v) is 2.49. The first-order valence-corrected chi connectivity index (χ1v) is 3.67. The molecule has 2 aromatic rings. The molecule has 0 atom stereocenters. The summed E-state index contributed by atoms with van der Waals surface area (Å²) < 4.78 is 14.5. The Hall–Kier alpha value is -1.57. The topological polar surface area (TPSA) is 4.93 Å². The molecular weight excluding hydrogens is 153 g/mol. The van der Waals surface area contributed by atoms with E-state index in [1.807, 2.05) is 35.2 Å². The lowest BCUT2D eigenvalue weighted by molar-refractivity contribution is 0.624. The highest BCUT2D eigenvalue weighted by Crippen LogP contribution is 2.08. The highest BCUT2D eigenvalue weighted by molar-refractivity contribution is 5.32. The minimum atomic E-state index is -0.332. The lowest BCUT2D eigenvalue weighted by atomic mass is 10.3. The number of aromatic nitrogens is 1. The highest BCUT2D eigenvalue weighted by Gasteiger charge is 1.95. The van der Waals surface area contributed by atoms with Crippen LogP contribution in [0, 0.1) is 11.9 Å². The van der Waals surface area contributed by atoms with E-state index in [9.17, 15) is 4.39 Å². The van der Waals surface area contributed by atoms with Gasteiger partial charge < -0.3 is 4.57 Å². The lowest BCUT2D eigenvalue weighted by Gasteiger charge is -2.00. The second kappa shape index (κ2) is 2.81. The van der Waals surface area contributed by atoms with Crippen molar-refractivity contribution in [3.05, 3.63) is 54.6 Å². The molecule has 1 heterocycles. The van der Waals surface area contributed by atoms with Gasteiger partial charge in [0.25, 0.3) is 0 Å². The zero-order chi connectivity index (χ0) is 8.39. The molecule has 1 radical (unpaired) electrons. The standard InChI is InChI=1S/C10H7FN/c11-9-4-3-5-10(8-9)12-6-1-2-7-12/h1-3,5-8H. The van der Waals surface area contributed by atoms with Crippen molar-refractivity contribution in [1.82, 2.24) is 4.57 Å². The number of benzene rings is 1. The maximum Gasteiger partial charge on any atom is 0.133 e. The minimum absolute atomic E-state index is 0.332. The van der Waals surface area contributed by atoms with Crippen LogP contribution < -0.4 is 0 Å². The molecule has 0 unspecified atom stereocenters. The molecule has 59 valence electrons. The molecule has 2 heteroatoms. The summed E-state index contributed by atoms with van der Waals surface area (Å²) in [7, 11) is 0. The Morgan fingerprint density at radius 3 is 2.67 bits per heavy atom. The summed E-state index contributed by atoms with van der Waals surface area (Å²) in [4.78, 5) is 0. The lowest BCUT2D eigenvalue weighted by Crippen LogP contribution is -1.89. The van der Waals surface area contributed by atoms with Crippen LogP contribution in [0.15, 0.2) is 42.7 Å². The Bertz CT molecular complexity index is 365. The summed E-state index contributed by atoms with van der Waals surface area (Å²) in [5.74, 6) is -0.332. The van der Waals surface area contributed by atoms with Crippen molar-refractivity contribution in [1.29, 1.82) is 0 Å². The van der Waals surface area contributed by atoms with Gasteiger partial charge in [0.05, 0.1) is 0 Å². The number of nitrogens with zero attached hydrogens (tertiary/aromatic N) is 1. The van der Waals surface area contributed by atoms with Gasteiger partial charge in [0, 0.05) is 24.1 Å². The van der Waals surface area contributed by atoms with Crippen molar-refractivity contribution < 1.29 is 4.39 Å². The molecule has 0 aliphatic heterocycles. The van der Waals surface area contributed by atoms with Gasteiger partial charge in [0.2, 0.25) is 0 Å². The van der Waals surface area contributed by atoms with Crippen molar-refractivity contribution in [2.24, 2.45) is 0 Å². The van der Waals surface area contributed by atoms with E-state index in [4.69, 9.17) is 0 Å². The van der Waals surface area contributed by atoms with E-state index in [-0.39, 0.29) is 5.82 Å². The quantitative estimate of drug-likeness (QED) is 0.603.